The second-order valence-corrected chi connectivity index (χ2v) is 6.94. The fraction of sp³-hybridized carbons (Fsp3) is 0.929. The van der Waals surface area contributed by atoms with Crippen LogP contribution in [0.15, 0.2) is 4.99 Å². The fourth-order valence-corrected chi connectivity index (χ4v) is 3.57. The monoisotopic (exact) mass is 412 g/mol. The first kappa shape index (κ1) is 18.4. The van der Waals surface area contributed by atoms with Gasteiger partial charge in [-0.15, -0.1) is 24.0 Å². The van der Waals surface area contributed by atoms with Gasteiger partial charge in [0.05, 0.1) is 0 Å². The first-order chi connectivity index (χ1) is 9.25. The number of aliphatic imine (C=N–C) groups is 1. The highest BCUT2D eigenvalue weighted by Gasteiger charge is 2.15. The van der Waals surface area contributed by atoms with E-state index in [0.29, 0.717) is 0 Å². The zero-order valence-corrected chi connectivity index (χ0v) is 15.7. The van der Waals surface area contributed by atoms with E-state index in [1.54, 1.807) is 0 Å². The molecule has 0 aromatic carbocycles. The fourth-order valence-electron chi connectivity index (χ4n) is 2.67. The number of hydrogen-bond acceptors (Lipinski definition) is 3. The number of likely N-dealkylation sites (tertiary alicyclic amines) is 1. The molecule has 2 heterocycles. The summed E-state index contributed by atoms with van der Waals surface area (Å²) in [6.07, 6.45) is 3.85. The van der Waals surface area contributed by atoms with Gasteiger partial charge in [0.25, 0.3) is 0 Å². The zero-order chi connectivity index (χ0) is 13.5. The van der Waals surface area contributed by atoms with Crippen LogP contribution in [0.25, 0.3) is 0 Å². The molecule has 0 aliphatic carbocycles. The Morgan fingerprint density at radius 3 is 2.50 bits per heavy atom. The van der Waals surface area contributed by atoms with E-state index in [9.17, 15) is 0 Å². The molecule has 0 bridgehead atoms. The number of hydrogen-bond donors (Lipinski definition) is 1. The number of nitrogens with zero attached hydrogens (tertiary/aromatic N) is 3. The third-order valence-corrected chi connectivity index (χ3v) is 5.06. The van der Waals surface area contributed by atoms with Crippen molar-refractivity contribution >= 4 is 41.7 Å². The number of nitrogens with two attached hydrogens (primary N) is 1. The lowest BCUT2D eigenvalue weighted by atomic mass is 9.99. The van der Waals surface area contributed by atoms with Crippen LogP contribution < -0.4 is 5.73 Å². The summed E-state index contributed by atoms with van der Waals surface area (Å²) in [5, 5.41) is 0. The molecule has 0 unspecified atom stereocenters. The van der Waals surface area contributed by atoms with Gasteiger partial charge in [-0.1, -0.05) is 6.92 Å². The van der Waals surface area contributed by atoms with Gasteiger partial charge in [-0.2, -0.15) is 11.8 Å². The van der Waals surface area contributed by atoms with Crippen LogP contribution in [0.1, 0.15) is 26.2 Å². The van der Waals surface area contributed by atoms with E-state index in [1.807, 2.05) is 11.8 Å². The molecule has 4 nitrogen and oxygen atoms in total. The van der Waals surface area contributed by atoms with Crippen molar-refractivity contribution in [1.82, 2.24) is 9.80 Å². The Balaban J connectivity index is 0.00000200. The van der Waals surface area contributed by atoms with Crippen molar-refractivity contribution < 1.29 is 0 Å². The van der Waals surface area contributed by atoms with E-state index in [2.05, 4.69) is 21.7 Å². The van der Waals surface area contributed by atoms with E-state index >= 15 is 0 Å². The molecule has 2 N–H and O–H groups in total. The summed E-state index contributed by atoms with van der Waals surface area (Å²) in [6, 6.07) is 0. The van der Waals surface area contributed by atoms with Crippen molar-refractivity contribution in [2.45, 2.75) is 26.2 Å². The molecule has 6 heteroatoms. The van der Waals surface area contributed by atoms with Gasteiger partial charge >= 0.3 is 0 Å². The highest BCUT2D eigenvalue weighted by Crippen LogP contribution is 2.15. The van der Waals surface area contributed by atoms with Crippen molar-refractivity contribution in [2.75, 3.05) is 50.8 Å². The summed E-state index contributed by atoms with van der Waals surface area (Å²) in [5.41, 5.74) is 6.04. The van der Waals surface area contributed by atoms with Crippen molar-refractivity contribution in [2.24, 2.45) is 16.6 Å². The Labute approximate surface area is 144 Å². The Kier molecular flexibility index (Phi) is 9.28. The Bertz CT molecular complexity index is 287. The highest BCUT2D eigenvalue weighted by molar-refractivity contribution is 14.0. The summed E-state index contributed by atoms with van der Waals surface area (Å²) < 4.78 is 0. The van der Waals surface area contributed by atoms with Crippen LogP contribution in [-0.2, 0) is 0 Å². The molecular formula is C14H29IN4S. The van der Waals surface area contributed by atoms with Gasteiger partial charge in [0.2, 0.25) is 0 Å². The summed E-state index contributed by atoms with van der Waals surface area (Å²) in [6.45, 7) is 9.07. The number of guanidine groups is 1. The minimum atomic E-state index is 0. The predicted molar refractivity (Wildman–Crippen MR) is 100 cm³/mol. The summed E-state index contributed by atoms with van der Waals surface area (Å²) in [4.78, 5) is 9.33. The first-order valence-corrected chi connectivity index (χ1v) is 8.76. The molecule has 0 atom stereocenters. The second-order valence-electron chi connectivity index (χ2n) is 5.72. The Morgan fingerprint density at radius 1 is 1.20 bits per heavy atom. The zero-order valence-electron chi connectivity index (χ0n) is 12.6. The van der Waals surface area contributed by atoms with Crippen LogP contribution in [0.3, 0.4) is 0 Å². The number of piperidine rings is 1. The van der Waals surface area contributed by atoms with E-state index in [1.165, 1.54) is 44.0 Å². The average molecular weight is 412 g/mol. The predicted octanol–water partition coefficient (Wildman–Crippen LogP) is 2.09. The van der Waals surface area contributed by atoms with Crippen LogP contribution >= 0.6 is 35.7 Å². The number of thioether (sulfide) groups is 1. The lowest BCUT2D eigenvalue weighted by Crippen LogP contribution is -2.42. The average Bonchev–Trinajstić information content (AvgIpc) is 2.46. The van der Waals surface area contributed by atoms with Gasteiger partial charge in [-0.25, -0.2) is 0 Å². The van der Waals surface area contributed by atoms with Gasteiger partial charge in [0.1, 0.15) is 0 Å². The number of rotatable bonds is 4. The van der Waals surface area contributed by atoms with Crippen molar-refractivity contribution in [3.8, 4) is 0 Å². The molecule has 0 saturated carbocycles. The van der Waals surface area contributed by atoms with Crippen LogP contribution in [0.2, 0.25) is 0 Å². The largest absolute Gasteiger partial charge is 0.370 e. The van der Waals surface area contributed by atoms with Crippen LogP contribution in [0.5, 0.6) is 0 Å². The maximum Gasteiger partial charge on any atom is 0.191 e. The molecule has 20 heavy (non-hydrogen) atoms. The lowest BCUT2D eigenvalue weighted by molar-refractivity contribution is 0.191. The quantitative estimate of drug-likeness (QED) is 0.333. The van der Waals surface area contributed by atoms with E-state index in [4.69, 9.17) is 5.73 Å². The lowest BCUT2D eigenvalue weighted by Gasteiger charge is -2.30. The molecule has 2 rings (SSSR count). The summed E-state index contributed by atoms with van der Waals surface area (Å²) in [7, 11) is 0. The molecule has 118 valence electrons. The molecule has 2 fully saturated rings. The smallest absolute Gasteiger partial charge is 0.191 e. The molecule has 2 aliphatic rings. The van der Waals surface area contributed by atoms with Gasteiger partial charge in [0.15, 0.2) is 5.96 Å². The second kappa shape index (κ2) is 10.1. The summed E-state index contributed by atoms with van der Waals surface area (Å²) >= 11 is 2.00. The third-order valence-electron chi connectivity index (χ3n) is 4.12. The Hall–Kier alpha value is 0.310. The molecule has 0 radical (unpaired) electrons. The molecule has 0 spiro atoms. The van der Waals surface area contributed by atoms with Gasteiger partial charge in [-0.3, -0.25) is 4.99 Å². The topological polar surface area (TPSA) is 44.9 Å². The molecule has 2 aliphatic heterocycles. The van der Waals surface area contributed by atoms with E-state index in [0.717, 1.165) is 37.9 Å². The minimum absolute atomic E-state index is 0. The highest BCUT2D eigenvalue weighted by atomic mass is 127. The van der Waals surface area contributed by atoms with Gasteiger partial charge in [0, 0.05) is 31.1 Å². The van der Waals surface area contributed by atoms with Crippen molar-refractivity contribution in [3.63, 3.8) is 0 Å². The van der Waals surface area contributed by atoms with Crippen molar-refractivity contribution in [1.29, 1.82) is 0 Å². The maximum atomic E-state index is 6.04. The van der Waals surface area contributed by atoms with Gasteiger partial charge in [-0.05, 0) is 44.8 Å². The molecule has 0 amide bonds. The van der Waals surface area contributed by atoms with Crippen LogP contribution in [-0.4, -0.2) is 66.5 Å². The van der Waals surface area contributed by atoms with E-state index in [-0.39, 0.29) is 24.0 Å². The Morgan fingerprint density at radius 2 is 1.85 bits per heavy atom. The molecule has 0 aromatic rings. The first-order valence-electron chi connectivity index (χ1n) is 7.60. The normalized spacial score (nSPS) is 22.6. The third kappa shape index (κ3) is 6.39. The van der Waals surface area contributed by atoms with Crippen molar-refractivity contribution in [3.05, 3.63) is 0 Å². The molecular weight excluding hydrogens is 383 g/mol. The summed E-state index contributed by atoms with van der Waals surface area (Å²) in [5.74, 6) is 4.04. The number of halogens is 1. The maximum absolute atomic E-state index is 6.04. The molecule has 0 aromatic heterocycles. The van der Waals surface area contributed by atoms with Crippen LogP contribution in [0, 0.1) is 5.92 Å². The standard InChI is InChI=1S/C14H28N4S.HI/c1-13-3-7-17(8-4-13)6-2-5-16-14(15)18-9-11-19-12-10-18;/h13H,2-12H2,1H3,(H2,15,16);1H. The van der Waals surface area contributed by atoms with E-state index < -0.39 is 0 Å². The van der Waals surface area contributed by atoms with Gasteiger partial charge < -0.3 is 15.5 Å². The molecule has 2 saturated heterocycles. The minimum Gasteiger partial charge on any atom is -0.370 e. The van der Waals surface area contributed by atoms with Crippen LogP contribution in [0.4, 0.5) is 0 Å². The SMILES string of the molecule is CC1CCN(CCCN=C(N)N2CCSCC2)CC1.I.